The predicted octanol–water partition coefficient (Wildman–Crippen LogP) is 3.98. The van der Waals surface area contributed by atoms with E-state index >= 15 is 0 Å². The van der Waals surface area contributed by atoms with E-state index < -0.39 is 6.04 Å². The summed E-state index contributed by atoms with van der Waals surface area (Å²) in [6.45, 7) is 4.67. The molecule has 0 saturated carbocycles. The Morgan fingerprint density at radius 1 is 1.21 bits per heavy atom. The molecule has 7 heteroatoms. The van der Waals surface area contributed by atoms with Gasteiger partial charge >= 0.3 is 0 Å². The van der Waals surface area contributed by atoms with Gasteiger partial charge in [-0.05, 0) is 54.3 Å². The van der Waals surface area contributed by atoms with Crippen LogP contribution in [-0.4, -0.2) is 38.9 Å². The van der Waals surface area contributed by atoms with Gasteiger partial charge in [-0.3, -0.25) is 14.6 Å². The topological polar surface area (TPSA) is 62.3 Å². The molecule has 0 bridgehead atoms. The number of rotatable bonds is 6. The van der Waals surface area contributed by atoms with Crippen LogP contribution in [0.3, 0.4) is 0 Å². The van der Waals surface area contributed by atoms with Gasteiger partial charge in [-0.1, -0.05) is 25.4 Å². The number of nitrogens with one attached hydrogen (secondary N) is 1. The van der Waals surface area contributed by atoms with E-state index in [-0.39, 0.29) is 17.2 Å². The number of carbonyl (C=O) groups is 2. The number of carbonyl (C=O) groups excluding carboxylic acids is 2. The van der Waals surface area contributed by atoms with Crippen molar-refractivity contribution in [2.45, 2.75) is 38.2 Å². The van der Waals surface area contributed by atoms with Crippen LogP contribution in [0.4, 0.5) is 0 Å². The molecule has 0 radical (unpaired) electrons. The van der Waals surface area contributed by atoms with Crippen LogP contribution in [-0.2, 0) is 11.3 Å². The van der Waals surface area contributed by atoms with Gasteiger partial charge in [0.1, 0.15) is 6.04 Å². The molecule has 1 aromatic heterocycles. The van der Waals surface area contributed by atoms with Gasteiger partial charge < -0.3 is 10.2 Å². The first-order valence-electron chi connectivity index (χ1n) is 9.32. The highest BCUT2D eigenvalue weighted by atomic mass is 35.5. The average Bonchev–Trinajstić information content (AvgIpc) is 3.10. The summed E-state index contributed by atoms with van der Waals surface area (Å²) < 4.78 is 0. The van der Waals surface area contributed by atoms with Crippen molar-refractivity contribution in [2.75, 3.05) is 5.75 Å². The van der Waals surface area contributed by atoms with Gasteiger partial charge in [-0.25, -0.2) is 0 Å². The maximum absolute atomic E-state index is 13.2. The minimum absolute atomic E-state index is 0.0140. The second-order valence-corrected chi connectivity index (χ2v) is 8.87. The SMILES string of the molecule is CC(C)CC1SCC(C(=O)NCc2ccncc2)N1C(=O)c1ccc(Cl)cc1. The van der Waals surface area contributed by atoms with Gasteiger partial charge in [0.15, 0.2) is 0 Å². The molecule has 148 valence electrons. The minimum Gasteiger partial charge on any atom is -0.350 e. The fourth-order valence-electron chi connectivity index (χ4n) is 3.17. The Labute approximate surface area is 174 Å². The Kier molecular flexibility index (Phi) is 6.97. The van der Waals surface area contributed by atoms with E-state index in [4.69, 9.17) is 11.6 Å². The Morgan fingerprint density at radius 2 is 1.89 bits per heavy atom. The standard InChI is InChI=1S/C21H24ClN3O2S/c1-14(2)11-19-25(21(27)16-3-5-17(22)6-4-16)18(13-28-19)20(26)24-12-15-7-9-23-10-8-15/h3-10,14,18-19H,11-13H2,1-2H3,(H,24,26). The van der Waals surface area contributed by atoms with Crippen LogP contribution < -0.4 is 5.32 Å². The molecule has 5 nitrogen and oxygen atoms in total. The lowest BCUT2D eigenvalue weighted by molar-refractivity contribution is -0.125. The van der Waals surface area contributed by atoms with Gasteiger partial charge in [0.05, 0.1) is 5.37 Å². The largest absolute Gasteiger partial charge is 0.350 e. The van der Waals surface area contributed by atoms with Gasteiger partial charge in [0, 0.05) is 35.3 Å². The lowest BCUT2D eigenvalue weighted by Crippen LogP contribution is -2.49. The monoisotopic (exact) mass is 417 g/mol. The number of halogens is 1. The molecule has 1 aliphatic rings. The number of thioether (sulfide) groups is 1. The Hall–Kier alpha value is -2.05. The molecule has 2 amide bonds. The van der Waals surface area contributed by atoms with Crippen molar-refractivity contribution >= 4 is 35.2 Å². The Balaban J connectivity index is 1.76. The number of amides is 2. The van der Waals surface area contributed by atoms with Crippen LogP contribution in [0.25, 0.3) is 0 Å². The smallest absolute Gasteiger partial charge is 0.255 e. The number of hydrogen-bond donors (Lipinski definition) is 1. The summed E-state index contributed by atoms with van der Waals surface area (Å²) in [5.74, 6) is 0.768. The molecule has 2 atom stereocenters. The van der Waals surface area contributed by atoms with E-state index in [1.165, 1.54) is 0 Å². The van der Waals surface area contributed by atoms with Gasteiger partial charge in [-0.2, -0.15) is 0 Å². The normalized spacial score (nSPS) is 19.1. The number of aromatic nitrogens is 1. The van der Waals surface area contributed by atoms with E-state index in [0.717, 1.165) is 12.0 Å². The fourth-order valence-corrected chi connectivity index (χ4v) is 4.94. The van der Waals surface area contributed by atoms with Crippen LogP contribution in [0.15, 0.2) is 48.8 Å². The van der Waals surface area contributed by atoms with Crippen molar-refractivity contribution in [3.8, 4) is 0 Å². The molecular weight excluding hydrogens is 394 g/mol. The summed E-state index contributed by atoms with van der Waals surface area (Å²) in [5, 5.41) is 3.53. The van der Waals surface area contributed by atoms with E-state index in [9.17, 15) is 9.59 Å². The lowest BCUT2D eigenvalue weighted by Gasteiger charge is -2.30. The molecule has 1 fully saturated rings. The molecule has 1 saturated heterocycles. The van der Waals surface area contributed by atoms with E-state index in [0.29, 0.717) is 28.8 Å². The number of pyridine rings is 1. The van der Waals surface area contributed by atoms with E-state index in [1.54, 1.807) is 53.3 Å². The zero-order chi connectivity index (χ0) is 20.1. The van der Waals surface area contributed by atoms with Crippen LogP contribution in [0.2, 0.25) is 5.02 Å². The second-order valence-electron chi connectivity index (χ2n) is 7.23. The summed E-state index contributed by atoms with van der Waals surface area (Å²) >= 11 is 7.63. The maximum Gasteiger partial charge on any atom is 0.255 e. The van der Waals surface area contributed by atoms with Crippen molar-refractivity contribution in [2.24, 2.45) is 5.92 Å². The minimum atomic E-state index is -0.487. The second kappa shape index (κ2) is 9.43. The van der Waals surface area contributed by atoms with Gasteiger partial charge in [0.2, 0.25) is 5.91 Å². The van der Waals surface area contributed by atoms with Crippen molar-refractivity contribution in [1.82, 2.24) is 15.2 Å². The highest BCUT2D eigenvalue weighted by Crippen LogP contribution is 2.34. The lowest BCUT2D eigenvalue weighted by atomic mass is 10.1. The Bertz CT molecular complexity index is 814. The molecular formula is C21H24ClN3O2S. The molecule has 28 heavy (non-hydrogen) atoms. The molecule has 0 spiro atoms. The fraction of sp³-hybridized carbons (Fsp3) is 0.381. The summed E-state index contributed by atoms with van der Waals surface area (Å²) in [6.07, 6.45) is 4.24. The zero-order valence-corrected chi connectivity index (χ0v) is 17.5. The number of hydrogen-bond acceptors (Lipinski definition) is 4. The molecule has 2 heterocycles. The van der Waals surface area contributed by atoms with E-state index in [2.05, 4.69) is 24.1 Å². The molecule has 1 N–H and O–H groups in total. The quantitative estimate of drug-likeness (QED) is 0.772. The van der Waals surface area contributed by atoms with Crippen molar-refractivity contribution in [3.63, 3.8) is 0 Å². The van der Waals surface area contributed by atoms with E-state index in [1.807, 2.05) is 12.1 Å². The number of nitrogens with zero attached hydrogens (tertiary/aromatic N) is 2. The van der Waals surface area contributed by atoms with Crippen molar-refractivity contribution in [3.05, 3.63) is 64.9 Å². The first kappa shape index (κ1) is 20.7. The summed E-state index contributed by atoms with van der Waals surface area (Å²) in [5.41, 5.74) is 1.52. The molecule has 2 aromatic rings. The van der Waals surface area contributed by atoms with Crippen molar-refractivity contribution < 1.29 is 9.59 Å². The maximum atomic E-state index is 13.2. The molecule has 3 rings (SSSR count). The summed E-state index contributed by atoms with van der Waals surface area (Å²) in [6, 6.07) is 10.1. The average molecular weight is 418 g/mol. The zero-order valence-electron chi connectivity index (χ0n) is 16.0. The van der Waals surface area contributed by atoms with Crippen molar-refractivity contribution in [1.29, 1.82) is 0 Å². The summed E-state index contributed by atoms with van der Waals surface area (Å²) in [4.78, 5) is 31.8. The third-order valence-corrected chi connectivity index (χ3v) is 6.17. The van der Waals surface area contributed by atoms with Crippen LogP contribution in [0.5, 0.6) is 0 Å². The van der Waals surface area contributed by atoms with Gasteiger partial charge in [0.25, 0.3) is 5.91 Å². The van der Waals surface area contributed by atoms with Crippen LogP contribution in [0.1, 0.15) is 36.2 Å². The highest BCUT2D eigenvalue weighted by molar-refractivity contribution is 8.00. The van der Waals surface area contributed by atoms with Crippen LogP contribution >= 0.6 is 23.4 Å². The molecule has 1 aliphatic heterocycles. The molecule has 0 aliphatic carbocycles. The third-order valence-electron chi connectivity index (χ3n) is 4.61. The van der Waals surface area contributed by atoms with Gasteiger partial charge in [-0.15, -0.1) is 11.8 Å². The first-order chi connectivity index (χ1) is 13.5. The third kappa shape index (κ3) is 5.06. The predicted molar refractivity (Wildman–Crippen MR) is 113 cm³/mol. The Morgan fingerprint density at radius 3 is 2.54 bits per heavy atom. The number of benzene rings is 1. The summed E-state index contributed by atoms with van der Waals surface area (Å²) in [7, 11) is 0. The molecule has 2 unspecified atom stereocenters. The first-order valence-corrected chi connectivity index (χ1v) is 10.7. The molecule has 1 aromatic carbocycles. The highest BCUT2D eigenvalue weighted by Gasteiger charge is 2.41. The van der Waals surface area contributed by atoms with Crippen LogP contribution in [0, 0.1) is 5.92 Å².